The van der Waals surface area contributed by atoms with Crippen LogP contribution in [0.4, 0.5) is 11.4 Å². The number of benzene rings is 3. The smallest absolute Gasteiger partial charge is 0.268 e. The van der Waals surface area contributed by atoms with Gasteiger partial charge in [-0.05, 0) is 48.5 Å². The van der Waals surface area contributed by atoms with Crippen LogP contribution in [0.3, 0.4) is 0 Å². The molecule has 0 aromatic heterocycles. The third-order valence-corrected chi connectivity index (χ3v) is 5.52. The molecule has 0 spiro atoms. The third kappa shape index (κ3) is 3.25. The molecule has 0 saturated heterocycles. The van der Waals surface area contributed by atoms with Crippen LogP contribution >= 0.6 is 0 Å². The van der Waals surface area contributed by atoms with Crippen LogP contribution in [0.15, 0.2) is 83.8 Å². The molecule has 132 valence electrons. The molecule has 26 heavy (non-hydrogen) atoms. The molecule has 0 heterocycles. The zero-order valence-electron chi connectivity index (χ0n) is 13.6. The lowest BCUT2D eigenvalue weighted by molar-refractivity contribution is 0.1000. The van der Waals surface area contributed by atoms with Gasteiger partial charge in [-0.2, -0.15) is 0 Å². The van der Waals surface area contributed by atoms with E-state index in [0.717, 1.165) is 4.31 Å². The van der Waals surface area contributed by atoms with E-state index in [1.165, 1.54) is 36.4 Å². The Kier molecular flexibility index (Phi) is 4.64. The number of amides is 1. The molecule has 0 aliphatic carbocycles. The Morgan fingerprint density at radius 1 is 0.846 bits per heavy atom. The highest BCUT2D eigenvalue weighted by atomic mass is 32.2. The minimum absolute atomic E-state index is 0.0328. The average Bonchev–Trinajstić information content (AvgIpc) is 2.64. The van der Waals surface area contributed by atoms with E-state index < -0.39 is 15.9 Å². The predicted octanol–water partition coefficient (Wildman–Crippen LogP) is 3.02. The van der Waals surface area contributed by atoms with E-state index in [9.17, 15) is 18.3 Å². The Balaban J connectivity index is 2.18. The third-order valence-electron chi connectivity index (χ3n) is 3.77. The lowest BCUT2D eigenvalue weighted by atomic mass is 10.2. The molecule has 0 saturated carbocycles. The molecule has 0 atom stereocenters. The molecule has 3 rings (SSSR count). The molecule has 3 aromatic carbocycles. The number of aromatic hydroxyl groups is 1. The fourth-order valence-corrected chi connectivity index (χ4v) is 4.01. The lowest BCUT2D eigenvalue weighted by Crippen LogP contribution is -2.26. The van der Waals surface area contributed by atoms with E-state index in [2.05, 4.69) is 0 Å². The number of anilines is 2. The van der Waals surface area contributed by atoms with Gasteiger partial charge in [0.2, 0.25) is 5.91 Å². The number of rotatable bonds is 5. The maximum atomic E-state index is 13.3. The van der Waals surface area contributed by atoms with Gasteiger partial charge in [-0.3, -0.25) is 4.79 Å². The number of carbonyl (C=O) groups is 1. The number of phenolic OH excluding ortho intramolecular Hbond substituents is 1. The summed E-state index contributed by atoms with van der Waals surface area (Å²) in [5, 5.41) is 10.2. The second-order valence-corrected chi connectivity index (χ2v) is 7.27. The average molecular weight is 368 g/mol. The van der Waals surface area contributed by atoms with E-state index in [1.54, 1.807) is 42.5 Å². The van der Waals surface area contributed by atoms with Crippen molar-refractivity contribution in [2.24, 2.45) is 5.73 Å². The van der Waals surface area contributed by atoms with Gasteiger partial charge in [0.25, 0.3) is 10.0 Å². The summed E-state index contributed by atoms with van der Waals surface area (Å²) in [6.45, 7) is 0. The molecule has 3 aromatic rings. The first kappa shape index (κ1) is 17.5. The summed E-state index contributed by atoms with van der Waals surface area (Å²) in [7, 11) is -4.05. The second kappa shape index (κ2) is 6.89. The van der Waals surface area contributed by atoms with Gasteiger partial charge < -0.3 is 10.8 Å². The molecule has 0 radical (unpaired) electrons. The highest BCUT2D eigenvalue weighted by Crippen LogP contribution is 2.37. The molecule has 0 aliphatic heterocycles. The standard InChI is InChI=1S/C19H16N2O4S/c20-19(23)14-10-12-16(13-11-14)26(24,25)21(15-6-2-1-3-7-15)17-8-4-5-9-18(17)22/h1-13,22H,(H2,20,23). The van der Waals surface area contributed by atoms with Crippen molar-refractivity contribution in [3.8, 4) is 5.75 Å². The number of carbonyl (C=O) groups excluding carboxylic acids is 1. The van der Waals surface area contributed by atoms with E-state index in [-0.39, 0.29) is 21.9 Å². The van der Waals surface area contributed by atoms with Crippen molar-refractivity contribution >= 4 is 27.3 Å². The van der Waals surface area contributed by atoms with Crippen LogP contribution in [0.2, 0.25) is 0 Å². The van der Waals surface area contributed by atoms with Gasteiger partial charge in [0.15, 0.2) is 0 Å². The number of para-hydroxylation sites is 3. The van der Waals surface area contributed by atoms with Crippen LogP contribution in [0.5, 0.6) is 5.75 Å². The molecular weight excluding hydrogens is 352 g/mol. The quantitative estimate of drug-likeness (QED) is 0.723. The molecule has 6 nitrogen and oxygen atoms in total. The van der Waals surface area contributed by atoms with Crippen molar-refractivity contribution in [1.29, 1.82) is 0 Å². The van der Waals surface area contributed by atoms with Crippen molar-refractivity contribution in [3.63, 3.8) is 0 Å². The summed E-state index contributed by atoms with van der Waals surface area (Å²) in [6.07, 6.45) is 0. The summed E-state index contributed by atoms with van der Waals surface area (Å²) in [4.78, 5) is 11.2. The molecule has 0 unspecified atom stereocenters. The van der Waals surface area contributed by atoms with Crippen LogP contribution in [-0.2, 0) is 10.0 Å². The molecule has 0 aliphatic rings. The fraction of sp³-hybridized carbons (Fsp3) is 0. The summed E-state index contributed by atoms with van der Waals surface area (Å²) in [6, 6.07) is 19.9. The van der Waals surface area contributed by atoms with Crippen molar-refractivity contribution < 1.29 is 18.3 Å². The normalized spacial score (nSPS) is 11.1. The Hall–Kier alpha value is -3.32. The topological polar surface area (TPSA) is 101 Å². The minimum atomic E-state index is -4.05. The van der Waals surface area contributed by atoms with Crippen molar-refractivity contribution in [3.05, 3.63) is 84.4 Å². The zero-order valence-corrected chi connectivity index (χ0v) is 14.4. The summed E-state index contributed by atoms with van der Waals surface area (Å²) in [5.74, 6) is -0.816. The number of sulfonamides is 1. The first-order valence-electron chi connectivity index (χ1n) is 7.69. The van der Waals surface area contributed by atoms with Crippen molar-refractivity contribution in [2.75, 3.05) is 4.31 Å². The van der Waals surface area contributed by atoms with Gasteiger partial charge in [0, 0.05) is 5.56 Å². The molecule has 0 fully saturated rings. The first-order chi connectivity index (χ1) is 12.4. The second-order valence-electron chi connectivity index (χ2n) is 5.48. The van der Waals surface area contributed by atoms with Crippen LogP contribution in [0, 0.1) is 0 Å². The van der Waals surface area contributed by atoms with Crippen molar-refractivity contribution in [1.82, 2.24) is 0 Å². The number of phenols is 1. The van der Waals surface area contributed by atoms with Gasteiger partial charge in [-0.25, -0.2) is 12.7 Å². The van der Waals surface area contributed by atoms with E-state index in [4.69, 9.17) is 5.73 Å². The van der Waals surface area contributed by atoms with Crippen molar-refractivity contribution in [2.45, 2.75) is 4.90 Å². The van der Waals surface area contributed by atoms with E-state index in [1.807, 2.05) is 0 Å². The lowest BCUT2D eigenvalue weighted by Gasteiger charge is -2.25. The summed E-state index contributed by atoms with van der Waals surface area (Å²) in [5.41, 5.74) is 5.90. The number of hydrogen-bond donors (Lipinski definition) is 2. The van der Waals surface area contributed by atoms with Crippen LogP contribution in [-0.4, -0.2) is 19.4 Å². The Morgan fingerprint density at radius 2 is 1.42 bits per heavy atom. The SMILES string of the molecule is NC(=O)c1ccc(S(=O)(=O)N(c2ccccc2)c2ccccc2O)cc1. The number of primary amides is 1. The highest BCUT2D eigenvalue weighted by molar-refractivity contribution is 7.93. The monoisotopic (exact) mass is 368 g/mol. The van der Waals surface area contributed by atoms with Gasteiger partial charge >= 0.3 is 0 Å². The van der Waals surface area contributed by atoms with Crippen LogP contribution < -0.4 is 10.0 Å². The molecular formula is C19H16N2O4S. The first-order valence-corrected chi connectivity index (χ1v) is 9.13. The minimum Gasteiger partial charge on any atom is -0.506 e. The van der Waals surface area contributed by atoms with Crippen LogP contribution in [0.1, 0.15) is 10.4 Å². The molecule has 3 N–H and O–H groups in total. The number of hydrogen-bond acceptors (Lipinski definition) is 4. The van der Waals surface area contributed by atoms with Gasteiger partial charge in [0.1, 0.15) is 5.75 Å². The van der Waals surface area contributed by atoms with Gasteiger partial charge in [-0.1, -0.05) is 30.3 Å². The zero-order chi connectivity index (χ0) is 18.7. The number of nitrogens with two attached hydrogens (primary N) is 1. The van der Waals surface area contributed by atoms with Gasteiger partial charge in [0.05, 0.1) is 16.3 Å². The summed E-state index contributed by atoms with van der Waals surface area (Å²) >= 11 is 0. The fourth-order valence-electron chi connectivity index (χ4n) is 2.50. The highest BCUT2D eigenvalue weighted by Gasteiger charge is 2.28. The number of nitrogens with zero attached hydrogens (tertiary/aromatic N) is 1. The van der Waals surface area contributed by atoms with Crippen LogP contribution in [0.25, 0.3) is 0 Å². The maximum Gasteiger partial charge on any atom is 0.268 e. The Bertz CT molecular complexity index is 1030. The van der Waals surface area contributed by atoms with E-state index in [0.29, 0.717) is 5.69 Å². The molecule has 1 amide bonds. The van der Waals surface area contributed by atoms with Gasteiger partial charge in [-0.15, -0.1) is 0 Å². The summed E-state index contributed by atoms with van der Waals surface area (Å²) < 4.78 is 27.6. The largest absolute Gasteiger partial charge is 0.506 e. The maximum absolute atomic E-state index is 13.3. The predicted molar refractivity (Wildman–Crippen MR) is 98.8 cm³/mol. The molecule has 7 heteroatoms. The Morgan fingerprint density at radius 3 is 2.00 bits per heavy atom. The van der Waals surface area contributed by atoms with E-state index >= 15 is 0 Å². The molecule has 0 bridgehead atoms. The Labute approximate surface area is 151 Å².